The van der Waals surface area contributed by atoms with Crippen LogP contribution in [-0.2, 0) is 4.74 Å². The number of hydrogen-bond donors (Lipinski definition) is 0. The standard InChI is InChI=1S/C16H18Cl2N4O3/c1-5-25-16(24)10-6-19-14-13(20-8-21(3)4)12(18)11(9(2)17)7-22(14)15(10)23/h6-9H,5H2,1-4H3/i9D. The smallest absolute Gasteiger partial charge is 0.345 e. The third kappa shape index (κ3) is 3.93. The number of rotatable bonds is 5. The third-order valence-electron chi connectivity index (χ3n) is 3.19. The molecular weight excluding hydrogens is 367 g/mol. The van der Waals surface area contributed by atoms with E-state index in [1.807, 2.05) is 0 Å². The van der Waals surface area contributed by atoms with E-state index >= 15 is 0 Å². The summed E-state index contributed by atoms with van der Waals surface area (Å²) in [6.07, 6.45) is 3.90. The second-order valence-corrected chi connectivity index (χ2v) is 6.28. The van der Waals surface area contributed by atoms with E-state index in [1.54, 1.807) is 25.9 Å². The molecule has 0 aromatic carbocycles. The Morgan fingerprint density at radius 1 is 1.60 bits per heavy atom. The lowest BCUT2D eigenvalue weighted by molar-refractivity contribution is 0.0523. The number of aromatic nitrogens is 2. The molecule has 7 nitrogen and oxygen atoms in total. The quantitative estimate of drug-likeness (QED) is 0.342. The van der Waals surface area contributed by atoms with Crippen molar-refractivity contribution in [3.63, 3.8) is 0 Å². The van der Waals surface area contributed by atoms with Crippen LogP contribution in [0.1, 0.15) is 36.5 Å². The van der Waals surface area contributed by atoms with Crippen LogP contribution in [0.15, 0.2) is 22.2 Å². The first-order valence-corrected chi connectivity index (χ1v) is 8.14. The lowest BCUT2D eigenvalue weighted by Crippen LogP contribution is -2.24. The van der Waals surface area contributed by atoms with Crippen molar-refractivity contribution in [3.8, 4) is 0 Å². The molecule has 0 saturated heterocycles. The van der Waals surface area contributed by atoms with Gasteiger partial charge in [-0.15, -0.1) is 11.6 Å². The first-order valence-electron chi connectivity index (χ1n) is 7.89. The number of carbonyl (C=O) groups is 1. The van der Waals surface area contributed by atoms with Crippen molar-refractivity contribution in [2.24, 2.45) is 4.99 Å². The molecule has 2 heterocycles. The number of nitrogens with zero attached hydrogens (tertiary/aromatic N) is 4. The summed E-state index contributed by atoms with van der Waals surface area (Å²) >= 11 is 12.5. The minimum atomic E-state index is -1.62. The van der Waals surface area contributed by atoms with Gasteiger partial charge in [0.2, 0.25) is 0 Å². The maximum atomic E-state index is 12.7. The van der Waals surface area contributed by atoms with E-state index in [2.05, 4.69) is 9.98 Å². The first kappa shape index (κ1) is 17.7. The molecule has 0 N–H and O–H groups in total. The van der Waals surface area contributed by atoms with Gasteiger partial charge in [-0.25, -0.2) is 14.8 Å². The number of halogens is 2. The molecule has 0 aliphatic heterocycles. The van der Waals surface area contributed by atoms with Crippen molar-refractivity contribution in [3.05, 3.63) is 38.9 Å². The fraction of sp³-hybridized carbons (Fsp3) is 0.375. The van der Waals surface area contributed by atoms with Crippen LogP contribution < -0.4 is 5.56 Å². The SMILES string of the molecule is [2H]C(C)(Cl)c1cn2c(=O)c(C(=O)OCC)cnc2c(N=CN(C)C)c1Cl. The van der Waals surface area contributed by atoms with Crippen molar-refractivity contribution in [2.45, 2.75) is 19.2 Å². The maximum absolute atomic E-state index is 12.7. The van der Waals surface area contributed by atoms with Gasteiger partial charge in [-0.05, 0) is 13.8 Å². The average Bonchev–Trinajstić information content (AvgIpc) is 2.52. The lowest BCUT2D eigenvalue weighted by Gasteiger charge is -2.13. The molecule has 9 heteroatoms. The van der Waals surface area contributed by atoms with Crippen LogP contribution in [0, 0.1) is 0 Å². The highest BCUT2D eigenvalue weighted by molar-refractivity contribution is 6.35. The zero-order chi connectivity index (χ0) is 19.6. The number of esters is 1. The molecule has 0 saturated carbocycles. The van der Waals surface area contributed by atoms with Gasteiger partial charge in [0, 0.05) is 32.1 Å². The monoisotopic (exact) mass is 385 g/mol. The van der Waals surface area contributed by atoms with Crippen LogP contribution in [-0.4, -0.2) is 47.3 Å². The Bertz CT molecular complexity index is 936. The van der Waals surface area contributed by atoms with Gasteiger partial charge in [0.05, 0.1) is 24.7 Å². The summed E-state index contributed by atoms with van der Waals surface area (Å²) < 4.78 is 14.0. The molecule has 2 aromatic heterocycles. The highest BCUT2D eigenvalue weighted by atomic mass is 35.5. The largest absolute Gasteiger partial charge is 0.462 e. The Labute approximate surface area is 156 Å². The Morgan fingerprint density at radius 2 is 2.28 bits per heavy atom. The number of pyridine rings is 1. The summed E-state index contributed by atoms with van der Waals surface area (Å²) in [6, 6.07) is 0. The molecule has 0 fully saturated rings. The van der Waals surface area contributed by atoms with Gasteiger partial charge in [0.25, 0.3) is 5.56 Å². The van der Waals surface area contributed by atoms with Gasteiger partial charge in [-0.1, -0.05) is 11.6 Å². The van der Waals surface area contributed by atoms with Crippen molar-refractivity contribution in [1.82, 2.24) is 14.3 Å². The van der Waals surface area contributed by atoms with Gasteiger partial charge < -0.3 is 9.64 Å². The maximum Gasteiger partial charge on any atom is 0.345 e. The summed E-state index contributed by atoms with van der Waals surface area (Å²) in [5.41, 5.74) is -0.431. The fourth-order valence-corrected chi connectivity index (χ4v) is 2.57. The van der Waals surface area contributed by atoms with E-state index in [0.717, 1.165) is 10.6 Å². The molecular formula is C16H18Cl2N4O3. The Kier molecular flexibility index (Phi) is 5.55. The summed E-state index contributed by atoms with van der Waals surface area (Å²) in [5, 5.41) is -1.51. The minimum Gasteiger partial charge on any atom is -0.462 e. The van der Waals surface area contributed by atoms with Crippen LogP contribution >= 0.6 is 23.2 Å². The Hall–Kier alpha value is -2.12. The molecule has 1 unspecified atom stereocenters. The number of carbonyl (C=O) groups excluding carboxylic acids is 1. The molecule has 134 valence electrons. The Balaban J connectivity index is 2.88. The predicted molar refractivity (Wildman–Crippen MR) is 98.5 cm³/mol. The zero-order valence-corrected chi connectivity index (χ0v) is 15.7. The van der Waals surface area contributed by atoms with Crippen molar-refractivity contribution in [1.29, 1.82) is 0 Å². The van der Waals surface area contributed by atoms with Crippen molar-refractivity contribution < 1.29 is 10.9 Å². The van der Waals surface area contributed by atoms with Crippen molar-refractivity contribution in [2.75, 3.05) is 20.7 Å². The third-order valence-corrected chi connectivity index (χ3v) is 3.78. The highest BCUT2D eigenvalue weighted by Gasteiger charge is 2.20. The van der Waals surface area contributed by atoms with Crippen LogP contribution in [0.2, 0.25) is 5.02 Å². The van der Waals surface area contributed by atoms with E-state index in [9.17, 15) is 9.59 Å². The van der Waals surface area contributed by atoms with E-state index in [1.165, 1.54) is 19.5 Å². The van der Waals surface area contributed by atoms with E-state index in [4.69, 9.17) is 29.3 Å². The predicted octanol–water partition coefficient (Wildman–Crippen LogP) is 3.05. The lowest BCUT2D eigenvalue weighted by atomic mass is 10.2. The number of ether oxygens (including phenoxy) is 1. The summed E-state index contributed by atoms with van der Waals surface area (Å²) in [6.45, 7) is 3.17. The molecule has 0 spiro atoms. The summed E-state index contributed by atoms with van der Waals surface area (Å²) in [7, 11) is 3.52. The number of aliphatic imine (C=N–C) groups is 1. The molecule has 25 heavy (non-hydrogen) atoms. The van der Waals surface area contributed by atoms with Crippen LogP contribution in [0.25, 0.3) is 5.65 Å². The van der Waals surface area contributed by atoms with Gasteiger partial charge in [-0.3, -0.25) is 9.20 Å². The minimum absolute atomic E-state index is 0.103. The van der Waals surface area contributed by atoms with Gasteiger partial charge in [0.1, 0.15) is 11.3 Å². The first-order chi connectivity index (χ1) is 12.1. The summed E-state index contributed by atoms with van der Waals surface area (Å²) in [4.78, 5) is 34.8. The molecule has 1 atom stereocenters. The van der Waals surface area contributed by atoms with Crippen LogP contribution in [0.3, 0.4) is 0 Å². The molecule has 0 aliphatic rings. The van der Waals surface area contributed by atoms with E-state index < -0.39 is 16.9 Å². The number of hydrogen-bond acceptors (Lipinski definition) is 5. The van der Waals surface area contributed by atoms with Gasteiger partial charge in [-0.2, -0.15) is 0 Å². The number of alkyl halides is 1. The highest BCUT2D eigenvalue weighted by Crippen LogP contribution is 2.36. The number of fused-ring (bicyclic) bond motifs is 1. The zero-order valence-electron chi connectivity index (χ0n) is 15.2. The van der Waals surface area contributed by atoms with E-state index in [0.29, 0.717) is 0 Å². The molecule has 0 amide bonds. The Morgan fingerprint density at radius 3 is 2.84 bits per heavy atom. The normalized spacial score (nSPS) is 14.4. The van der Waals surface area contributed by atoms with Gasteiger partial charge >= 0.3 is 5.97 Å². The van der Waals surface area contributed by atoms with Crippen molar-refractivity contribution >= 4 is 46.8 Å². The summed E-state index contributed by atoms with van der Waals surface area (Å²) in [5.74, 6) is -0.784. The van der Waals surface area contributed by atoms with Crippen LogP contribution in [0.5, 0.6) is 0 Å². The molecule has 2 aromatic rings. The van der Waals surface area contributed by atoms with Crippen LogP contribution in [0.4, 0.5) is 5.69 Å². The second kappa shape index (κ2) is 7.84. The molecule has 0 aliphatic carbocycles. The van der Waals surface area contributed by atoms with Gasteiger partial charge in [0.15, 0.2) is 5.65 Å². The molecule has 2 rings (SSSR count). The topological polar surface area (TPSA) is 76.3 Å². The molecule has 0 radical (unpaired) electrons. The molecule has 0 bridgehead atoms. The fourth-order valence-electron chi connectivity index (χ4n) is 2.05. The second-order valence-electron chi connectivity index (χ2n) is 5.34. The van der Waals surface area contributed by atoms with E-state index in [-0.39, 0.29) is 34.1 Å². The average molecular weight is 386 g/mol.